The van der Waals surface area contributed by atoms with E-state index in [-0.39, 0.29) is 18.6 Å². The van der Waals surface area contributed by atoms with Crippen LogP contribution in [0.1, 0.15) is 50.5 Å². The lowest BCUT2D eigenvalue weighted by atomic mass is 9.77. The van der Waals surface area contributed by atoms with E-state index in [1.54, 1.807) is 0 Å². The number of rotatable bonds is 9. The van der Waals surface area contributed by atoms with Gasteiger partial charge in [0, 0.05) is 12.5 Å². The predicted octanol–water partition coefficient (Wildman–Crippen LogP) is 2.86. The molecule has 1 unspecified atom stereocenters. The van der Waals surface area contributed by atoms with Gasteiger partial charge in [0.25, 0.3) is 0 Å². The quantitative estimate of drug-likeness (QED) is 0.687. The minimum absolute atomic E-state index is 0.108. The molecule has 0 radical (unpaired) electrons. The summed E-state index contributed by atoms with van der Waals surface area (Å²) >= 11 is 0. The van der Waals surface area contributed by atoms with Crippen molar-refractivity contribution in [2.24, 2.45) is 5.41 Å². The number of hydrogen-bond donors (Lipinski definition) is 2. The van der Waals surface area contributed by atoms with Gasteiger partial charge in [0.15, 0.2) is 0 Å². The molecule has 1 aliphatic carbocycles. The van der Waals surface area contributed by atoms with Crippen LogP contribution in [0.2, 0.25) is 0 Å². The summed E-state index contributed by atoms with van der Waals surface area (Å²) in [7, 11) is -3.68. The lowest BCUT2D eigenvalue weighted by Crippen LogP contribution is -2.43. The lowest BCUT2D eigenvalue weighted by molar-refractivity contribution is -0.137. The number of nitriles is 1. The van der Waals surface area contributed by atoms with Crippen LogP contribution in [0.15, 0.2) is 30.3 Å². The summed E-state index contributed by atoms with van der Waals surface area (Å²) in [6, 6.07) is 11.1. The molecule has 0 aromatic heterocycles. The number of nitrogens with zero attached hydrogens (tertiary/aromatic N) is 1. The Bertz CT molecular complexity index is 735. The van der Waals surface area contributed by atoms with Gasteiger partial charge in [0.2, 0.25) is 10.0 Å². The molecule has 1 saturated carbocycles. The lowest BCUT2D eigenvalue weighted by Gasteiger charge is -2.31. The number of nitrogens with one attached hydrogen (secondary N) is 1. The largest absolute Gasteiger partial charge is 0.481 e. The third kappa shape index (κ3) is 6.43. The first-order valence-corrected chi connectivity index (χ1v) is 10.7. The Morgan fingerprint density at radius 1 is 1.23 bits per heavy atom. The molecule has 1 aliphatic rings. The van der Waals surface area contributed by atoms with Crippen molar-refractivity contribution in [3.63, 3.8) is 0 Å². The van der Waals surface area contributed by atoms with Crippen LogP contribution in [0.3, 0.4) is 0 Å². The molecule has 1 aromatic carbocycles. The highest BCUT2D eigenvalue weighted by molar-refractivity contribution is 7.89. The first kappa shape index (κ1) is 20.4. The number of carbonyl (C=O) groups is 1. The second-order valence-electron chi connectivity index (χ2n) is 7.15. The maximum atomic E-state index is 12.7. The molecule has 1 fully saturated rings. The van der Waals surface area contributed by atoms with Gasteiger partial charge in [-0.2, -0.15) is 5.26 Å². The molecule has 0 aliphatic heterocycles. The van der Waals surface area contributed by atoms with Crippen molar-refractivity contribution in [3.05, 3.63) is 35.9 Å². The van der Waals surface area contributed by atoms with E-state index in [0.717, 1.165) is 24.8 Å². The van der Waals surface area contributed by atoms with Crippen LogP contribution >= 0.6 is 0 Å². The highest BCUT2D eigenvalue weighted by Crippen LogP contribution is 2.36. The zero-order valence-corrected chi connectivity index (χ0v) is 15.7. The van der Waals surface area contributed by atoms with Crippen molar-refractivity contribution in [2.75, 3.05) is 5.75 Å². The smallest absolute Gasteiger partial charge is 0.303 e. The number of aliphatic carboxylic acids is 1. The van der Waals surface area contributed by atoms with Crippen molar-refractivity contribution < 1.29 is 18.3 Å². The first-order chi connectivity index (χ1) is 12.3. The summed E-state index contributed by atoms with van der Waals surface area (Å²) in [5, 5.41) is 18.5. The van der Waals surface area contributed by atoms with Crippen LogP contribution in [0.5, 0.6) is 0 Å². The van der Waals surface area contributed by atoms with Crippen molar-refractivity contribution >= 4 is 16.0 Å². The summed E-state index contributed by atoms with van der Waals surface area (Å²) in [5.41, 5.74) is 0.118. The van der Waals surface area contributed by atoms with Crippen LogP contribution in [0.4, 0.5) is 0 Å². The summed E-state index contributed by atoms with van der Waals surface area (Å²) in [6.07, 6.45) is 4.50. The van der Waals surface area contributed by atoms with Crippen molar-refractivity contribution in [3.8, 4) is 6.07 Å². The maximum absolute atomic E-state index is 12.7. The van der Waals surface area contributed by atoms with Crippen molar-refractivity contribution in [1.82, 2.24) is 4.72 Å². The average molecular weight is 378 g/mol. The summed E-state index contributed by atoms with van der Waals surface area (Å²) in [6.45, 7) is 0. The average Bonchev–Trinajstić information content (AvgIpc) is 2.60. The maximum Gasteiger partial charge on any atom is 0.303 e. The summed E-state index contributed by atoms with van der Waals surface area (Å²) in [5.74, 6) is -1.17. The monoisotopic (exact) mass is 378 g/mol. The fourth-order valence-corrected chi connectivity index (χ4v) is 5.45. The van der Waals surface area contributed by atoms with Crippen LogP contribution in [-0.2, 0) is 21.2 Å². The Hall–Kier alpha value is -1.91. The Balaban J connectivity index is 2.09. The van der Waals surface area contributed by atoms with Crippen LogP contribution in [-0.4, -0.2) is 31.3 Å². The molecule has 0 bridgehead atoms. The molecule has 1 atom stereocenters. The molecule has 0 saturated heterocycles. The number of carboxylic acid groups (broad SMARTS) is 1. The molecule has 2 N–H and O–H groups in total. The van der Waals surface area contributed by atoms with Gasteiger partial charge in [-0.1, -0.05) is 49.6 Å². The minimum Gasteiger partial charge on any atom is -0.481 e. The topological polar surface area (TPSA) is 107 Å². The molecule has 142 valence electrons. The molecule has 0 spiro atoms. The summed E-state index contributed by atoms with van der Waals surface area (Å²) in [4.78, 5) is 10.9. The van der Waals surface area contributed by atoms with E-state index < -0.39 is 27.4 Å². The van der Waals surface area contributed by atoms with Crippen LogP contribution in [0, 0.1) is 16.7 Å². The third-order valence-electron chi connectivity index (χ3n) is 4.89. The molecular weight excluding hydrogens is 352 g/mol. The molecule has 0 heterocycles. The van der Waals surface area contributed by atoms with E-state index in [2.05, 4.69) is 10.8 Å². The summed E-state index contributed by atoms with van der Waals surface area (Å²) < 4.78 is 28.1. The number of hydrogen-bond acceptors (Lipinski definition) is 4. The predicted molar refractivity (Wildman–Crippen MR) is 98.9 cm³/mol. The highest BCUT2D eigenvalue weighted by atomic mass is 32.2. The van der Waals surface area contributed by atoms with Crippen LogP contribution < -0.4 is 4.72 Å². The number of carboxylic acids is 1. The Morgan fingerprint density at radius 3 is 2.46 bits per heavy atom. The van der Waals surface area contributed by atoms with Crippen molar-refractivity contribution in [2.45, 2.75) is 57.4 Å². The fraction of sp³-hybridized carbons (Fsp3) is 0.579. The molecule has 0 amide bonds. The number of sulfonamides is 1. The highest BCUT2D eigenvalue weighted by Gasteiger charge is 2.37. The molecule has 6 nitrogen and oxygen atoms in total. The van der Waals surface area contributed by atoms with E-state index in [1.165, 1.54) is 0 Å². The normalized spacial score (nSPS) is 18.0. The molecule has 1 aromatic rings. The van der Waals surface area contributed by atoms with Gasteiger partial charge in [-0.3, -0.25) is 4.79 Å². The molecule has 7 heteroatoms. The molecule has 2 rings (SSSR count). The van der Waals surface area contributed by atoms with Gasteiger partial charge in [-0.25, -0.2) is 13.1 Å². The van der Waals surface area contributed by atoms with Gasteiger partial charge in [0.1, 0.15) is 0 Å². The van der Waals surface area contributed by atoms with E-state index in [9.17, 15) is 18.5 Å². The van der Waals surface area contributed by atoms with Gasteiger partial charge < -0.3 is 5.11 Å². The van der Waals surface area contributed by atoms with Gasteiger partial charge in [0.05, 0.1) is 17.2 Å². The van der Waals surface area contributed by atoms with E-state index in [1.807, 2.05) is 30.3 Å². The Kier molecular flexibility index (Phi) is 7.18. The van der Waals surface area contributed by atoms with Gasteiger partial charge in [-0.15, -0.1) is 0 Å². The zero-order chi connectivity index (χ0) is 19.0. The SMILES string of the molecule is N#CC1(CS(=O)(=O)NC(CCC(=O)O)Cc2ccccc2)CCCCC1. The van der Waals surface area contributed by atoms with E-state index >= 15 is 0 Å². The molecule has 26 heavy (non-hydrogen) atoms. The molecular formula is C19H26N2O4S. The van der Waals surface area contributed by atoms with Crippen LogP contribution in [0.25, 0.3) is 0 Å². The fourth-order valence-electron chi connectivity index (χ4n) is 3.58. The minimum atomic E-state index is -3.68. The van der Waals surface area contributed by atoms with Crippen molar-refractivity contribution in [1.29, 1.82) is 5.26 Å². The standard InChI is InChI=1S/C19H26N2O4S/c20-14-19(11-5-2-6-12-19)15-26(24,25)21-17(9-10-18(22)23)13-16-7-3-1-4-8-16/h1,3-4,7-8,17,21H,2,5-6,9-13,15H2,(H,22,23). The number of benzene rings is 1. The van der Waals surface area contributed by atoms with Gasteiger partial charge in [-0.05, 0) is 31.2 Å². The van der Waals surface area contributed by atoms with E-state index in [4.69, 9.17) is 5.11 Å². The third-order valence-corrected chi connectivity index (χ3v) is 6.52. The Labute approximate surface area is 155 Å². The first-order valence-electron chi connectivity index (χ1n) is 9.01. The second-order valence-corrected chi connectivity index (χ2v) is 8.90. The Morgan fingerprint density at radius 2 is 1.88 bits per heavy atom. The zero-order valence-electron chi connectivity index (χ0n) is 14.9. The second kappa shape index (κ2) is 9.15. The van der Waals surface area contributed by atoms with E-state index in [0.29, 0.717) is 19.3 Å². The van der Waals surface area contributed by atoms with Gasteiger partial charge >= 0.3 is 5.97 Å².